The predicted molar refractivity (Wildman–Crippen MR) is 81.9 cm³/mol. The maximum absolute atomic E-state index is 11.0. The summed E-state index contributed by atoms with van der Waals surface area (Å²) in [5, 5.41) is 0.853. The van der Waals surface area contributed by atoms with Crippen LogP contribution in [0.1, 0.15) is 5.56 Å². The Kier molecular flexibility index (Phi) is 4.85. The highest BCUT2D eigenvalue weighted by Gasteiger charge is 2.06. The van der Waals surface area contributed by atoms with Crippen molar-refractivity contribution in [3.05, 3.63) is 42.2 Å². The Morgan fingerprint density at radius 2 is 2.20 bits per heavy atom. The number of hydrogen-bond acceptors (Lipinski definition) is 4. The van der Waals surface area contributed by atoms with Crippen molar-refractivity contribution in [1.29, 1.82) is 0 Å². The van der Waals surface area contributed by atoms with Crippen molar-refractivity contribution in [2.24, 2.45) is 0 Å². The summed E-state index contributed by atoms with van der Waals surface area (Å²) < 4.78 is 26.4. The molecule has 0 radical (unpaired) electrons. The van der Waals surface area contributed by atoms with Crippen LogP contribution >= 0.6 is 11.8 Å². The average Bonchev–Trinajstić information content (AvgIpc) is 2.82. The van der Waals surface area contributed by atoms with Crippen molar-refractivity contribution in [2.45, 2.75) is 12.1 Å². The molecule has 0 aliphatic heterocycles. The number of sulfonamides is 1. The predicted octanol–water partition coefficient (Wildman–Crippen LogP) is 1.82. The lowest BCUT2D eigenvalue weighted by Gasteiger charge is -2.08. The molecule has 1 heterocycles. The lowest BCUT2D eigenvalue weighted by Crippen LogP contribution is -2.24. The van der Waals surface area contributed by atoms with Crippen LogP contribution in [0, 0.1) is 6.92 Å². The lowest BCUT2D eigenvalue weighted by molar-refractivity contribution is 0.590. The molecule has 0 unspecified atom stereocenters. The minimum absolute atomic E-state index is 0.393. The van der Waals surface area contributed by atoms with Crippen LogP contribution in [-0.2, 0) is 10.0 Å². The maximum atomic E-state index is 11.0. The van der Waals surface area contributed by atoms with Gasteiger partial charge in [-0.1, -0.05) is 23.9 Å². The topological polar surface area (TPSA) is 64.0 Å². The zero-order valence-electron chi connectivity index (χ0n) is 11.4. The van der Waals surface area contributed by atoms with Gasteiger partial charge in [-0.3, -0.25) is 4.57 Å². The third-order valence-electron chi connectivity index (χ3n) is 2.58. The molecule has 2 rings (SSSR count). The summed E-state index contributed by atoms with van der Waals surface area (Å²) in [6.07, 6.45) is 4.81. The van der Waals surface area contributed by atoms with E-state index in [0.29, 0.717) is 12.3 Å². The molecule has 5 nitrogen and oxygen atoms in total. The Balaban J connectivity index is 2.02. The molecule has 0 atom stereocenters. The van der Waals surface area contributed by atoms with Gasteiger partial charge in [0.05, 0.1) is 6.26 Å². The van der Waals surface area contributed by atoms with Crippen LogP contribution in [-0.4, -0.2) is 36.5 Å². The Labute approximate surface area is 123 Å². The Bertz CT molecular complexity index is 680. The zero-order valence-corrected chi connectivity index (χ0v) is 13.0. The Hall–Kier alpha value is -1.31. The summed E-state index contributed by atoms with van der Waals surface area (Å²) in [4.78, 5) is 4.30. The average molecular weight is 311 g/mol. The molecular formula is C13H17N3O2S2. The van der Waals surface area contributed by atoms with Crippen molar-refractivity contribution < 1.29 is 8.42 Å². The number of benzene rings is 1. The van der Waals surface area contributed by atoms with E-state index in [0.717, 1.165) is 17.1 Å². The third-order valence-corrected chi connectivity index (χ3v) is 4.28. The molecule has 0 saturated heterocycles. The van der Waals surface area contributed by atoms with E-state index in [2.05, 4.69) is 15.8 Å². The highest BCUT2D eigenvalue weighted by Crippen LogP contribution is 2.20. The summed E-state index contributed by atoms with van der Waals surface area (Å²) in [6, 6.07) is 8.15. The molecule has 1 N–H and O–H groups in total. The number of aromatic nitrogens is 2. The fraction of sp³-hybridized carbons (Fsp3) is 0.308. The van der Waals surface area contributed by atoms with Crippen LogP contribution in [0.5, 0.6) is 0 Å². The van der Waals surface area contributed by atoms with E-state index in [1.807, 2.05) is 35.9 Å². The molecular weight excluding hydrogens is 294 g/mol. The van der Waals surface area contributed by atoms with E-state index >= 15 is 0 Å². The summed E-state index contributed by atoms with van der Waals surface area (Å²) in [5.41, 5.74) is 2.24. The highest BCUT2D eigenvalue weighted by atomic mass is 32.2. The molecule has 0 fully saturated rings. The van der Waals surface area contributed by atoms with Gasteiger partial charge in [0.2, 0.25) is 10.0 Å². The smallest absolute Gasteiger partial charge is 0.208 e. The van der Waals surface area contributed by atoms with Crippen LogP contribution in [0.25, 0.3) is 5.69 Å². The molecule has 1 aromatic heterocycles. The minimum Gasteiger partial charge on any atom is -0.295 e. The fourth-order valence-corrected chi connectivity index (χ4v) is 3.17. The number of hydrogen-bond donors (Lipinski definition) is 1. The van der Waals surface area contributed by atoms with Crippen molar-refractivity contribution in [2.75, 3.05) is 18.6 Å². The monoisotopic (exact) mass is 311 g/mol. The van der Waals surface area contributed by atoms with Gasteiger partial charge in [-0.25, -0.2) is 18.1 Å². The zero-order chi connectivity index (χ0) is 14.6. The number of nitrogens with zero attached hydrogens (tertiary/aromatic N) is 2. The van der Waals surface area contributed by atoms with Crippen molar-refractivity contribution >= 4 is 21.8 Å². The first-order valence-corrected chi connectivity index (χ1v) is 9.01. The molecule has 20 heavy (non-hydrogen) atoms. The van der Waals surface area contributed by atoms with Gasteiger partial charge in [0.25, 0.3) is 0 Å². The quantitative estimate of drug-likeness (QED) is 0.653. The molecule has 1 aromatic carbocycles. The summed E-state index contributed by atoms with van der Waals surface area (Å²) in [7, 11) is -3.12. The summed E-state index contributed by atoms with van der Waals surface area (Å²) >= 11 is 1.52. The normalized spacial score (nSPS) is 11.7. The van der Waals surface area contributed by atoms with Crippen LogP contribution < -0.4 is 4.72 Å². The van der Waals surface area contributed by atoms with Gasteiger partial charge in [0.15, 0.2) is 5.16 Å². The molecule has 0 aliphatic rings. The minimum atomic E-state index is -3.12. The number of aryl methyl sites for hydroxylation is 1. The van der Waals surface area contributed by atoms with Gasteiger partial charge < -0.3 is 0 Å². The van der Waals surface area contributed by atoms with E-state index in [9.17, 15) is 8.42 Å². The van der Waals surface area contributed by atoms with Crippen LogP contribution in [0.4, 0.5) is 0 Å². The second-order valence-corrected chi connectivity index (χ2v) is 7.33. The van der Waals surface area contributed by atoms with Crippen molar-refractivity contribution in [3.63, 3.8) is 0 Å². The summed E-state index contributed by atoms with van der Waals surface area (Å²) in [6.45, 7) is 2.44. The first-order valence-electron chi connectivity index (χ1n) is 6.13. The molecule has 0 saturated carbocycles. The fourth-order valence-electron chi connectivity index (χ4n) is 1.74. The van der Waals surface area contributed by atoms with E-state index in [-0.39, 0.29) is 0 Å². The molecule has 0 spiro atoms. The number of rotatable bonds is 6. The SMILES string of the molecule is Cc1cccc(-n2ccnc2SCCNS(C)(=O)=O)c1. The standard InChI is InChI=1S/C13H17N3O2S2/c1-11-4-3-5-12(10-11)16-8-6-14-13(16)19-9-7-15-20(2,17)18/h3-6,8,10,15H,7,9H2,1-2H3. The Morgan fingerprint density at radius 1 is 1.40 bits per heavy atom. The van der Waals surface area contributed by atoms with Gasteiger partial charge in [-0.2, -0.15) is 0 Å². The van der Waals surface area contributed by atoms with Gasteiger partial charge in [0.1, 0.15) is 0 Å². The van der Waals surface area contributed by atoms with Gasteiger partial charge in [-0.05, 0) is 24.6 Å². The van der Waals surface area contributed by atoms with E-state index in [1.54, 1.807) is 6.20 Å². The van der Waals surface area contributed by atoms with Crippen LogP contribution in [0.3, 0.4) is 0 Å². The highest BCUT2D eigenvalue weighted by molar-refractivity contribution is 7.99. The van der Waals surface area contributed by atoms with E-state index in [4.69, 9.17) is 0 Å². The summed E-state index contributed by atoms with van der Waals surface area (Å²) in [5.74, 6) is 0.635. The second-order valence-electron chi connectivity index (χ2n) is 4.43. The van der Waals surface area contributed by atoms with Gasteiger partial charge >= 0.3 is 0 Å². The molecule has 108 valence electrons. The van der Waals surface area contributed by atoms with Crippen molar-refractivity contribution in [3.8, 4) is 5.69 Å². The molecule has 0 amide bonds. The van der Waals surface area contributed by atoms with Gasteiger partial charge in [0, 0.05) is 30.4 Å². The largest absolute Gasteiger partial charge is 0.295 e. The first kappa shape index (κ1) is 15.1. The van der Waals surface area contributed by atoms with Crippen molar-refractivity contribution in [1.82, 2.24) is 14.3 Å². The van der Waals surface area contributed by atoms with Crippen LogP contribution in [0.2, 0.25) is 0 Å². The Morgan fingerprint density at radius 3 is 2.90 bits per heavy atom. The molecule has 0 bridgehead atoms. The number of thioether (sulfide) groups is 1. The number of nitrogens with one attached hydrogen (secondary N) is 1. The van der Waals surface area contributed by atoms with Gasteiger partial charge in [-0.15, -0.1) is 0 Å². The van der Waals surface area contributed by atoms with E-state index < -0.39 is 10.0 Å². The maximum Gasteiger partial charge on any atom is 0.208 e. The lowest BCUT2D eigenvalue weighted by atomic mass is 10.2. The molecule has 7 heteroatoms. The number of imidazole rings is 1. The first-order chi connectivity index (χ1) is 9.46. The molecule has 2 aromatic rings. The van der Waals surface area contributed by atoms with E-state index in [1.165, 1.54) is 17.3 Å². The molecule has 0 aliphatic carbocycles. The second kappa shape index (κ2) is 6.43. The van der Waals surface area contributed by atoms with Crippen LogP contribution in [0.15, 0.2) is 41.8 Å². The third kappa shape index (κ3) is 4.36.